The van der Waals surface area contributed by atoms with Crippen molar-refractivity contribution in [3.8, 4) is 5.75 Å². The number of nitrogens with zero attached hydrogens (tertiary/aromatic N) is 4. The molecule has 192 valence electrons. The molecule has 3 rings (SSSR count). The van der Waals surface area contributed by atoms with Crippen LogP contribution in [0.25, 0.3) is 0 Å². The second kappa shape index (κ2) is 12.7. The number of hydrogen-bond donors (Lipinski definition) is 2. The van der Waals surface area contributed by atoms with E-state index in [1.165, 1.54) is 18.3 Å². The van der Waals surface area contributed by atoms with Crippen LogP contribution in [0.3, 0.4) is 0 Å². The molecule has 1 fully saturated rings. The van der Waals surface area contributed by atoms with Gasteiger partial charge in [-0.2, -0.15) is 5.10 Å². The van der Waals surface area contributed by atoms with Gasteiger partial charge in [-0.3, -0.25) is 19.7 Å². The van der Waals surface area contributed by atoms with E-state index in [1.54, 1.807) is 30.3 Å². The van der Waals surface area contributed by atoms with Crippen molar-refractivity contribution in [3.05, 3.63) is 63.7 Å². The fourth-order valence-electron chi connectivity index (χ4n) is 4.44. The Labute approximate surface area is 210 Å². The lowest BCUT2D eigenvalue weighted by Crippen LogP contribution is -2.45. The molecule has 36 heavy (non-hydrogen) atoms. The van der Waals surface area contributed by atoms with Gasteiger partial charge >= 0.3 is 0 Å². The van der Waals surface area contributed by atoms with Gasteiger partial charge in [0, 0.05) is 56.0 Å². The highest BCUT2D eigenvalue weighted by molar-refractivity contribution is 5.90. The lowest BCUT2D eigenvalue weighted by Gasteiger charge is -2.36. The number of piperidine rings is 1. The number of nitrogens with one attached hydrogen (secondary N) is 1. The van der Waals surface area contributed by atoms with Crippen LogP contribution in [-0.4, -0.2) is 59.1 Å². The molecular weight excluding hydrogens is 462 g/mol. The molecule has 1 saturated heterocycles. The third-order valence-electron chi connectivity index (χ3n) is 6.41. The molecule has 0 spiro atoms. The van der Waals surface area contributed by atoms with Crippen molar-refractivity contribution in [2.45, 2.75) is 39.5 Å². The minimum absolute atomic E-state index is 0.0844. The van der Waals surface area contributed by atoms with Crippen molar-refractivity contribution in [2.24, 2.45) is 11.0 Å². The van der Waals surface area contributed by atoms with Gasteiger partial charge in [0.15, 0.2) is 0 Å². The Morgan fingerprint density at radius 3 is 2.69 bits per heavy atom. The first-order valence-electron chi connectivity index (χ1n) is 12.2. The van der Waals surface area contributed by atoms with E-state index < -0.39 is 4.92 Å². The van der Waals surface area contributed by atoms with E-state index >= 15 is 0 Å². The van der Waals surface area contributed by atoms with E-state index in [9.17, 15) is 24.8 Å². The summed E-state index contributed by atoms with van der Waals surface area (Å²) >= 11 is 0. The van der Waals surface area contributed by atoms with E-state index in [2.05, 4.69) is 15.4 Å². The predicted octanol–water partition coefficient (Wildman–Crippen LogP) is 3.47. The van der Waals surface area contributed by atoms with Crippen LogP contribution in [0.4, 0.5) is 11.4 Å². The summed E-state index contributed by atoms with van der Waals surface area (Å²) in [7, 11) is 0. The Kier molecular flexibility index (Phi) is 9.38. The zero-order valence-corrected chi connectivity index (χ0v) is 20.7. The van der Waals surface area contributed by atoms with Crippen molar-refractivity contribution < 1.29 is 19.6 Å². The SMILES string of the molecule is CCN(CC)C(=O)C1CCCN(c2ccc([N+](=O)[O-])cc2C=NNC(=O)CCc2ccccc2O)C1. The Balaban J connectivity index is 1.72. The van der Waals surface area contributed by atoms with Gasteiger partial charge in [0.2, 0.25) is 11.8 Å². The van der Waals surface area contributed by atoms with Crippen LogP contribution in [-0.2, 0) is 16.0 Å². The van der Waals surface area contributed by atoms with E-state index in [0.29, 0.717) is 43.7 Å². The van der Waals surface area contributed by atoms with Gasteiger partial charge in [0.25, 0.3) is 5.69 Å². The number of hydrazone groups is 1. The molecule has 0 saturated carbocycles. The first-order valence-corrected chi connectivity index (χ1v) is 12.2. The van der Waals surface area contributed by atoms with E-state index in [0.717, 1.165) is 18.5 Å². The average molecular weight is 496 g/mol. The van der Waals surface area contributed by atoms with E-state index in [1.807, 2.05) is 18.7 Å². The highest BCUT2D eigenvalue weighted by Gasteiger charge is 2.29. The zero-order chi connectivity index (χ0) is 26.1. The molecule has 1 unspecified atom stereocenters. The van der Waals surface area contributed by atoms with Crippen LogP contribution < -0.4 is 10.3 Å². The standard InChI is InChI=1S/C26H33N5O5/c1-3-29(4-2)26(34)20-9-7-15-30(18-20)23-13-12-22(31(35)36)16-21(23)17-27-28-25(33)14-11-19-8-5-6-10-24(19)32/h5-6,8,10,12-13,16-17,20,32H,3-4,7,9,11,14-15,18H2,1-2H3,(H,28,33). The predicted molar refractivity (Wildman–Crippen MR) is 138 cm³/mol. The molecule has 1 heterocycles. The van der Waals surface area contributed by atoms with Gasteiger partial charge in [-0.1, -0.05) is 18.2 Å². The second-order valence-electron chi connectivity index (χ2n) is 8.72. The maximum Gasteiger partial charge on any atom is 0.270 e. The van der Waals surface area contributed by atoms with Crippen molar-refractivity contribution in [1.82, 2.24) is 10.3 Å². The molecule has 0 bridgehead atoms. The number of non-ortho nitro benzene ring substituents is 1. The fraction of sp³-hybridized carbons (Fsp3) is 0.423. The minimum atomic E-state index is -0.477. The highest BCUT2D eigenvalue weighted by Crippen LogP contribution is 2.29. The third-order valence-corrected chi connectivity index (χ3v) is 6.41. The summed E-state index contributed by atoms with van der Waals surface area (Å²) in [6.07, 6.45) is 3.50. The number of carbonyl (C=O) groups is 2. The quantitative estimate of drug-likeness (QED) is 0.295. The first kappa shape index (κ1) is 26.7. The monoisotopic (exact) mass is 495 g/mol. The number of phenolic OH excluding ortho intramolecular Hbond substituents is 1. The number of aromatic hydroxyl groups is 1. The summed E-state index contributed by atoms with van der Waals surface area (Å²) in [5.41, 5.74) is 4.25. The number of aryl methyl sites for hydroxylation is 1. The number of nitro benzene ring substituents is 1. The summed E-state index contributed by atoms with van der Waals surface area (Å²) in [6, 6.07) is 11.3. The molecule has 1 atom stereocenters. The maximum atomic E-state index is 12.9. The summed E-state index contributed by atoms with van der Waals surface area (Å²) in [5.74, 6) is -0.232. The summed E-state index contributed by atoms with van der Waals surface area (Å²) < 4.78 is 0. The largest absolute Gasteiger partial charge is 0.508 e. The highest BCUT2D eigenvalue weighted by atomic mass is 16.6. The number of amides is 2. The van der Waals surface area contributed by atoms with Crippen LogP contribution in [0.15, 0.2) is 47.6 Å². The van der Waals surface area contributed by atoms with Crippen LogP contribution in [0.5, 0.6) is 5.75 Å². The van der Waals surface area contributed by atoms with Crippen molar-refractivity contribution >= 4 is 29.4 Å². The lowest BCUT2D eigenvalue weighted by atomic mass is 9.95. The van der Waals surface area contributed by atoms with Crippen LogP contribution in [0.1, 0.15) is 44.2 Å². The molecule has 1 aliphatic heterocycles. The summed E-state index contributed by atoms with van der Waals surface area (Å²) in [6.45, 7) is 6.47. The number of para-hydroxylation sites is 1. The first-order chi connectivity index (χ1) is 17.3. The Bertz CT molecular complexity index is 1120. The number of anilines is 1. The maximum absolute atomic E-state index is 12.9. The van der Waals surface area contributed by atoms with E-state index in [4.69, 9.17) is 0 Å². The van der Waals surface area contributed by atoms with Crippen LogP contribution >= 0.6 is 0 Å². The Hall–Kier alpha value is -3.95. The number of nitro groups is 1. The fourth-order valence-corrected chi connectivity index (χ4v) is 4.44. The topological polar surface area (TPSA) is 128 Å². The molecule has 0 aliphatic carbocycles. The normalized spacial score (nSPS) is 15.6. The van der Waals surface area contributed by atoms with E-state index in [-0.39, 0.29) is 35.6 Å². The molecule has 10 heteroatoms. The second-order valence-corrected chi connectivity index (χ2v) is 8.72. The number of rotatable bonds is 10. The summed E-state index contributed by atoms with van der Waals surface area (Å²) in [4.78, 5) is 39.9. The lowest BCUT2D eigenvalue weighted by molar-refractivity contribution is -0.384. The molecule has 2 N–H and O–H groups in total. The number of benzene rings is 2. The number of hydrogen-bond acceptors (Lipinski definition) is 7. The van der Waals surface area contributed by atoms with Crippen molar-refractivity contribution in [1.29, 1.82) is 0 Å². The minimum Gasteiger partial charge on any atom is -0.508 e. The zero-order valence-electron chi connectivity index (χ0n) is 20.7. The van der Waals surface area contributed by atoms with Crippen molar-refractivity contribution in [3.63, 3.8) is 0 Å². The average Bonchev–Trinajstić information content (AvgIpc) is 2.89. The Morgan fingerprint density at radius 2 is 2.00 bits per heavy atom. The number of carbonyl (C=O) groups excluding carboxylic acids is 2. The van der Waals surface area contributed by atoms with Gasteiger partial charge in [0.1, 0.15) is 5.75 Å². The smallest absolute Gasteiger partial charge is 0.270 e. The van der Waals surface area contributed by atoms with Crippen LogP contribution in [0, 0.1) is 16.0 Å². The van der Waals surface area contributed by atoms with Crippen LogP contribution in [0.2, 0.25) is 0 Å². The van der Waals surface area contributed by atoms with Gasteiger partial charge in [-0.25, -0.2) is 5.43 Å². The van der Waals surface area contributed by atoms with Gasteiger partial charge < -0.3 is 14.9 Å². The molecule has 10 nitrogen and oxygen atoms in total. The van der Waals surface area contributed by atoms with Gasteiger partial charge in [-0.05, 0) is 50.8 Å². The van der Waals surface area contributed by atoms with Gasteiger partial charge in [0.05, 0.1) is 17.1 Å². The summed E-state index contributed by atoms with van der Waals surface area (Å²) in [5, 5.41) is 25.2. The molecule has 2 aromatic carbocycles. The third kappa shape index (κ3) is 6.80. The molecule has 2 amide bonds. The molecule has 0 radical (unpaired) electrons. The molecular formula is C26H33N5O5. The molecule has 2 aromatic rings. The molecule has 0 aromatic heterocycles. The number of phenols is 1. The van der Waals surface area contributed by atoms with Crippen molar-refractivity contribution in [2.75, 3.05) is 31.1 Å². The molecule has 1 aliphatic rings. The van der Waals surface area contributed by atoms with Gasteiger partial charge in [-0.15, -0.1) is 0 Å². The Morgan fingerprint density at radius 1 is 1.25 bits per heavy atom.